The molecular formula is C19H13ClN2O. The summed E-state index contributed by atoms with van der Waals surface area (Å²) in [4.78, 5) is 17.2. The molecule has 0 atom stereocenters. The zero-order valence-corrected chi connectivity index (χ0v) is 13.0. The van der Waals surface area contributed by atoms with Gasteiger partial charge in [0.1, 0.15) is 11.3 Å². The molecule has 3 aromatic rings. The number of nitrogens with zero attached hydrogens (tertiary/aromatic N) is 2. The smallest absolute Gasteiger partial charge is 0.263 e. The molecule has 0 saturated heterocycles. The first-order valence-corrected chi connectivity index (χ1v) is 7.89. The van der Waals surface area contributed by atoms with Crippen LogP contribution in [0.15, 0.2) is 48.7 Å². The lowest BCUT2D eigenvalue weighted by Gasteiger charge is -2.04. The lowest BCUT2D eigenvalue weighted by Crippen LogP contribution is -2.11. The van der Waals surface area contributed by atoms with Gasteiger partial charge in [-0.05, 0) is 43.0 Å². The lowest BCUT2D eigenvalue weighted by molar-refractivity contribution is 0.0964. The van der Waals surface area contributed by atoms with Crippen molar-refractivity contribution in [1.82, 2.24) is 9.55 Å². The van der Waals surface area contributed by atoms with Crippen LogP contribution >= 0.6 is 11.6 Å². The predicted octanol–water partition coefficient (Wildman–Crippen LogP) is 4.14. The number of carbonyl (C=O) groups is 1. The highest BCUT2D eigenvalue weighted by Gasteiger charge is 2.18. The molecule has 1 fully saturated rings. The van der Waals surface area contributed by atoms with E-state index in [4.69, 9.17) is 11.6 Å². The largest absolute Gasteiger partial charge is 0.268 e. The van der Waals surface area contributed by atoms with Gasteiger partial charge in [-0.1, -0.05) is 35.7 Å². The maximum absolute atomic E-state index is 12.7. The Bertz CT molecular complexity index is 959. The van der Waals surface area contributed by atoms with Crippen molar-refractivity contribution >= 4 is 28.5 Å². The van der Waals surface area contributed by atoms with Gasteiger partial charge in [0.05, 0.1) is 5.02 Å². The molecule has 112 valence electrons. The van der Waals surface area contributed by atoms with Crippen molar-refractivity contribution in [3.05, 3.63) is 64.9 Å². The van der Waals surface area contributed by atoms with Crippen LogP contribution < -0.4 is 0 Å². The van der Waals surface area contributed by atoms with Crippen molar-refractivity contribution in [2.45, 2.75) is 12.8 Å². The summed E-state index contributed by atoms with van der Waals surface area (Å²) in [6, 6.07) is 12.7. The molecule has 23 heavy (non-hydrogen) atoms. The Morgan fingerprint density at radius 2 is 2.00 bits per heavy atom. The lowest BCUT2D eigenvalue weighted by atomic mass is 10.2. The second-order valence-electron chi connectivity index (χ2n) is 5.63. The Hall–Kier alpha value is -2.57. The van der Waals surface area contributed by atoms with Crippen LogP contribution in [-0.2, 0) is 0 Å². The van der Waals surface area contributed by atoms with Gasteiger partial charge in [-0.3, -0.25) is 9.36 Å². The van der Waals surface area contributed by atoms with Gasteiger partial charge in [-0.15, -0.1) is 0 Å². The maximum atomic E-state index is 12.7. The number of pyridine rings is 1. The topological polar surface area (TPSA) is 34.9 Å². The van der Waals surface area contributed by atoms with Crippen LogP contribution in [0.4, 0.5) is 0 Å². The summed E-state index contributed by atoms with van der Waals surface area (Å²) in [7, 11) is 0. The number of aromatic nitrogens is 2. The number of halogens is 1. The van der Waals surface area contributed by atoms with Gasteiger partial charge in [0, 0.05) is 23.1 Å². The molecule has 0 N–H and O–H groups in total. The van der Waals surface area contributed by atoms with E-state index in [0.29, 0.717) is 27.8 Å². The van der Waals surface area contributed by atoms with E-state index in [1.807, 2.05) is 24.3 Å². The predicted molar refractivity (Wildman–Crippen MR) is 90.5 cm³/mol. The highest BCUT2D eigenvalue weighted by atomic mass is 35.5. The normalized spacial score (nSPS) is 13.6. The summed E-state index contributed by atoms with van der Waals surface area (Å²) >= 11 is 6.32. The maximum Gasteiger partial charge on any atom is 0.263 e. The van der Waals surface area contributed by atoms with E-state index in [1.165, 1.54) is 4.57 Å². The number of rotatable bonds is 1. The van der Waals surface area contributed by atoms with Crippen LogP contribution in [0.3, 0.4) is 0 Å². The molecule has 1 aromatic carbocycles. The molecule has 1 saturated carbocycles. The molecule has 0 spiro atoms. The van der Waals surface area contributed by atoms with Gasteiger partial charge in [0.2, 0.25) is 0 Å². The summed E-state index contributed by atoms with van der Waals surface area (Å²) < 4.78 is 1.53. The minimum atomic E-state index is -0.128. The van der Waals surface area contributed by atoms with Crippen LogP contribution in [0.2, 0.25) is 5.02 Å². The molecule has 1 aliphatic carbocycles. The van der Waals surface area contributed by atoms with Gasteiger partial charge in [-0.25, -0.2) is 4.98 Å². The number of fused-ring (bicyclic) bond motifs is 1. The van der Waals surface area contributed by atoms with Gasteiger partial charge >= 0.3 is 0 Å². The van der Waals surface area contributed by atoms with Crippen molar-refractivity contribution in [1.29, 1.82) is 0 Å². The second-order valence-corrected chi connectivity index (χ2v) is 6.03. The van der Waals surface area contributed by atoms with E-state index in [0.717, 1.165) is 18.2 Å². The summed E-state index contributed by atoms with van der Waals surface area (Å²) in [5, 5.41) is 1.32. The van der Waals surface area contributed by atoms with Crippen molar-refractivity contribution in [2.75, 3.05) is 0 Å². The third-order valence-corrected chi connectivity index (χ3v) is 4.14. The standard InChI is InChI=1S/C19H13ClN2O/c20-17-12-15(9-8-13-6-7-13)21-18-16(17)10-11-22(18)19(23)14-4-2-1-3-5-14/h1-5,10-13H,6-7H2. The molecule has 0 amide bonds. The zero-order valence-electron chi connectivity index (χ0n) is 12.3. The van der Waals surface area contributed by atoms with Crippen LogP contribution in [0.5, 0.6) is 0 Å². The minimum Gasteiger partial charge on any atom is -0.268 e. The van der Waals surface area contributed by atoms with E-state index in [2.05, 4.69) is 16.8 Å². The number of hydrogen-bond donors (Lipinski definition) is 0. The fourth-order valence-electron chi connectivity index (χ4n) is 2.42. The summed E-state index contributed by atoms with van der Waals surface area (Å²) in [5.74, 6) is 6.60. The third kappa shape index (κ3) is 2.74. The van der Waals surface area contributed by atoms with E-state index in [-0.39, 0.29) is 5.91 Å². The molecule has 2 heterocycles. The van der Waals surface area contributed by atoms with E-state index in [9.17, 15) is 4.79 Å². The van der Waals surface area contributed by atoms with Crippen molar-refractivity contribution in [3.63, 3.8) is 0 Å². The highest BCUT2D eigenvalue weighted by Crippen LogP contribution is 2.28. The minimum absolute atomic E-state index is 0.128. The Labute approximate surface area is 138 Å². The molecule has 0 aliphatic heterocycles. The first-order valence-electron chi connectivity index (χ1n) is 7.51. The van der Waals surface area contributed by atoms with Gasteiger partial charge < -0.3 is 0 Å². The number of carbonyl (C=O) groups excluding carboxylic acids is 1. The summed E-state index contributed by atoms with van der Waals surface area (Å²) in [5.41, 5.74) is 1.76. The molecule has 1 aliphatic rings. The molecule has 0 bridgehead atoms. The van der Waals surface area contributed by atoms with Crippen LogP contribution in [-0.4, -0.2) is 15.5 Å². The molecule has 0 unspecified atom stereocenters. The van der Waals surface area contributed by atoms with Gasteiger partial charge in [0.15, 0.2) is 0 Å². The fourth-order valence-corrected chi connectivity index (χ4v) is 2.67. The van der Waals surface area contributed by atoms with Crippen molar-refractivity contribution in [2.24, 2.45) is 5.92 Å². The van der Waals surface area contributed by atoms with Crippen molar-refractivity contribution < 1.29 is 4.79 Å². The SMILES string of the molecule is O=C(c1ccccc1)n1ccc2c(Cl)cc(C#CC3CC3)nc21. The summed E-state index contributed by atoms with van der Waals surface area (Å²) in [6.45, 7) is 0. The second kappa shape index (κ2) is 5.57. The first kappa shape index (κ1) is 14.0. The molecule has 2 aromatic heterocycles. The number of benzene rings is 1. The van der Waals surface area contributed by atoms with E-state index < -0.39 is 0 Å². The molecule has 4 heteroatoms. The van der Waals surface area contributed by atoms with E-state index in [1.54, 1.807) is 24.4 Å². The third-order valence-electron chi connectivity index (χ3n) is 3.83. The molecule has 4 rings (SSSR count). The van der Waals surface area contributed by atoms with Gasteiger partial charge in [-0.2, -0.15) is 0 Å². The Morgan fingerprint density at radius 3 is 2.74 bits per heavy atom. The average molecular weight is 321 g/mol. The van der Waals surface area contributed by atoms with Crippen LogP contribution in [0.1, 0.15) is 28.9 Å². The molecular weight excluding hydrogens is 308 g/mol. The van der Waals surface area contributed by atoms with Gasteiger partial charge in [0.25, 0.3) is 5.91 Å². The Balaban J connectivity index is 1.81. The Kier molecular flexibility index (Phi) is 3.40. The average Bonchev–Trinajstić information content (AvgIpc) is 3.31. The first-order chi connectivity index (χ1) is 11.2. The van der Waals surface area contributed by atoms with Crippen LogP contribution in [0.25, 0.3) is 11.0 Å². The summed E-state index contributed by atoms with van der Waals surface area (Å²) in [6.07, 6.45) is 4.02. The molecule has 3 nitrogen and oxygen atoms in total. The fraction of sp³-hybridized carbons (Fsp3) is 0.158. The van der Waals surface area contributed by atoms with Crippen LogP contribution in [0, 0.1) is 17.8 Å². The monoisotopic (exact) mass is 320 g/mol. The highest BCUT2D eigenvalue weighted by molar-refractivity contribution is 6.35. The number of hydrogen-bond acceptors (Lipinski definition) is 2. The van der Waals surface area contributed by atoms with Crippen molar-refractivity contribution in [3.8, 4) is 11.8 Å². The molecule has 0 radical (unpaired) electrons. The zero-order chi connectivity index (χ0) is 15.8. The quantitative estimate of drug-likeness (QED) is 0.632. The Morgan fingerprint density at radius 1 is 1.22 bits per heavy atom. The van der Waals surface area contributed by atoms with E-state index >= 15 is 0 Å².